The Hall–Kier alpha value is -2.95. The molecule has 3 aromatic rings. The van der Waals surface area contributed by atoms with E-state index in [1.807, 2.05) is 0 Å². The Morgan fingerprint density at radius 1 is 0.675 bits per heavy atom. The number of rotatable bonds is 6. The van der Waals surface area contributed by atoms with Crippen molar-refractivity contribution in [2.45, 2.75) is 54.4 Å². The summed E-state index contributed by atoms with van der Waals surface area (Å²) in [7, 11) is 0. The van der Waals surface area contributed by atoms with E-state index in [0.717, 1.165) is 24.3 Å². The highest BCUT2D eigenvalue weighted by atomic mass is 32.2. The van der Waals surface area contributed by atoms with Gasteiger partial charge in [0.1, 0.15) is 17.5 Å². The number of halogens is 10. The summed E-state index contributed by atoms with van der Waals surface area (Å²) in [6.07, 6.45) is -5.89. The molecule has 3 atom stereocenters. The fourth-order valence-corrected chi connectivity index (χ4v) is 6.93. The first-order valence-corrected chi connectivity index (χ1v) is 12.7. The maximum absolute atomic E-state index is 15.3. The van der Waals surface area contributed by atoms with Gasteiger partial charge >= 0.3 is 17.4 Å². The van der Waals surface area contributed by atoms with Gasteiger partial charge in [0.15, 0.2) is 0 Å². The second kappa shape index (κ2) is 10.2. The van der Waals surface area contributed by atoms with Crippen LogP contribution in [-0.4, -0.2) is 17.4 Å². The molecule has 0 N–H and O–H groups in total. The monoisotopic (exact) mass is 592 g/mol. The van der Waals surface area contributed by atoms with Crippen LogP contribution in [0.4, 0.5) is 43.9 Å². The Morgan fingerprint density at radius 2 is 1.15 bits per heavy atom. The number of hydrogen-bond acceptors (Lipinski definition) is 1. The van der Waals surface area contributed by atoms with Crippen LogP contribution >= 0.6 is 11.8 Å². The number of benzene rings is 3. The van der Waals surface area contributed by atoms with Gasteiger partial charge in [-0.2, -0.15) is 30.7 Å². The van der Waals surface area contributed by atoms with Crippen LogP contribution in [0.25, 0.3) is 0 Å². The molecular formula is C29H22F10S. The molecule has 3 unspecified atom stereocenters. The molecule has 0 saturated carbocycles. The molecule has 0 heterocycles. The number of thioether (sulfide) groups is 1. The summed E-state index contributed by atoms with van der Waals surface area (Å²) in [4.78, 5) is -0.790. The molecule has 0 amide bonds. The first-order valence-electron chi connectivity index (χ1n) is 11.9. The van der Waals surface area contributed by atoms with E-state index >= 15 is 13.2 Å². The third kappa shape index (κ3) is 5.01. The Balaban J connectivity index is 2.07. The van der Waals surface area contributed by atoms with E-state index in [0.29, 0.717) is 0 Å². The lowest BCUT2D eigenvalue weighted by atomic mass is 9.56. The minimum atomic E-state index is -6.62. The molecule has 0 aliphatic heterocycles. The lowest BCUT2D eigenvalue weighted by Crippen LogP contribution is -2.51. The Morgan fingerprint density at radius 3 is 1.65 bits per heavy atom. The minimum absolute atomic E-state index is 0.0893. The van der Waals surface area contributed by atoms with Gasteiger partial charge in [0.25, 0.3) is 0 Å². The standard InChI is InChI=1S/C29H22F10S/c1-25(18-10-4-7-13-21(18)31)15-23(40-29(38,39)27(33,34)28(35,36)37)24(17-9-3-6-12-20(17)30)26(2,16-25)19-11-5-8-14-22(19)32/h3-15,24H,16H2,1-2H3. The molecule has 0 spiro atoms. The Labute approximate surface area is 228 Å². The average Bonchev–Trinajstić information content (AvgIpc) is 2.84. The van der Waals surface area contributed by atoms with Crippen molar-refractivity contribution in [2.75, 3.05) is 0 Å². The molecule has 0 nitrogen and oxygen atoms in total. The van der Waals surface area contributed by atoms with E-state index in [-0.39, 0.29) is 23.1 Å². The Bertz CT molecular complexity index is 1430. The fraction of sp³-hybridized carbons (Fsp3) is 0.310. The van der Waals surface area contributed by atoms with Gasteiger partial charge < -0.3 is 0 Å². The van der Waals surface area contributed by atoms with Gasteiger partial charge in [0.2, 0.25) is 0 Å². The van der Waals surface area contributed by atoms with Crippen molar-refractivity contribution in [3.63, 3.8) is 0 Å². The zero-order valence-corrected chi connectivity index (χ0v) is 21.8. The third-order valence-electron chi connectivity index (χ3n) is 7.28. The Kier molecular flexibility index (Phi) is 7.62. The van der Waals surface area contributed by atoms with Crippen molar-refractivity contribution in [1.82, 2.24) is 0 Å². The van der Waals surface area contributed by atoms with Crippen molar-refractivity contribution in [3.05, 3.63) is 118 Å². The molecule has 0 aromatic heterocycles. The molecule has 214 valence electrons. The molecular weight excluding hydrogens is 570 g/mol. The quantitative estimate of drug-likeness (QED) is 0.257. The van der Waals surface area contributed by atoms with Crippen LogP contribution in [0.5, 0.6) is 0 Å². The average molecular weight is 593 g/mol. The molecule has 3 aromatic carbocycles. The van der Waals surface area contributed by atoms with Crippen molar-refractivity contribution < 1.29 is 43.9 Å². The maximum atomic E-state index is 15.3. The van der Waals surface area contributed by atoms with Gasteiger partial charge in [0, 0.05) is 16.7 Å². The van der Waals surface area contributed by atoms with Crippen molar-refractivity contribution in [1.29, 1.82) is 0 Å². The zero-order chi connectivity index (χ0) is 29.7. The zero-order valence-electron chi connectivity index (χ0n) is 21.0. The normalized spacial score (nSPS) is 24.1. The second-order valence-electron chi connectivity index (χ2n) is 10.2. The van der Waals surface area contributed by atoms with E-state index in [9.17, 15) is 30.7 Å². The summed E-state index contributed by atoms with van der Waals surface area (Å²) in [5.74, 6) is -10.8. The maximum Gasteiger partial charge on any atom is 0.460 e. The summed E-state index contributed by atoms with van der Waals surface area (Å²) in [6, 6.07) is 15.0. The van der Waals surface area contributed by atoms with Gasteiger partial charge in [0.05, 0.1) is 0 Å². The van der Waals surface area contributed by atoms with Crippen LogP contribution in [0.1, 0.15) is 42.9 Å². The van der Waals surface area contributed by atoms with Crippen molar-refractivity contribution >= 4 is 11.8 Å². The van der Waals surface area contributed by atoms with Gasteiger partial charge in [-0.1, -0.05) is 74.5 Å². The molecule has 4 rings (SSSR count). The topological polar surface area (TPSA) is 0 Å². The number of hydrogen-bond donors (Lipinski definition) is 0. The smallest absolute Gasteiger partial charge is 0.207 e. The molecule has 0 radical (unpaired) electrons. The molecule has 40 heavy (non-hydrogen) atoms. The number of allylic oxidation sites excluding steroid dienone is 2. The molecule has 0 fully saturated rings. The molecule has 0 bridgehead atoms. The SMILES string of the molecule is CC1(c2ccccc2F)C=C(SC(F)(F)C(F)(F)C(F)(F)F)C(c2ccccc2F)C(C)(c2ccccc2F)C1. The summed E-state index contributed by atoms with van der Waals surface area (Å²) < 4.78 is 143. The highest BCUT2D eigenvalue weighted by molar-refractivity contribution is 8.04. The number of alkyl halides is 7. The first-order chi connectivity index (χ1) is 18.4. The van der Waals surface area contributed by atoms with Crippen LogP contribution in [0.3, 0.4) is 0 Å². The van der Waals surface area contributed by atoms with Gasteiger partial charge in [-0.05, 0) is 58.0 Å². The summed E-state index contributed by atoms with van der Waals surface area (Å²) in [5, 5.41) is -5.76. The summed E-state index contributed by atoms with van der Waals surface area (Å²) >= 11 is -1.08. The van der Waals surface area contributed by atoms with Crippen molar-refractivity contribution in [2.24, 2.45) is 0 Å². The van der Waals surface area contributed by atoms with Crippen LogP contribution < -0.4 is 0 Å². The van der Waals surface area contributed by atoms with Gasteiger partial charge in [-0.3, -0.25) is 0 Å². The van der Waals surface area contributed by atoms with Crippen LogP contribution in [0, 0.1) is 17.5 Å². The predicted molar refractivity (Wildman–Crippen MR) is 133 cm³/mol. The predicted octanol–water partition coefficient (Wildman–Crippen LogP) is 9.91. The van der Waals surface area contributed by atoms with Crippen LogP contribution in [-0.2, 0) is 10.8 Å². The lowest BCUT2D eigenvalue weighted by Gasteiger charge is -2.50. The molecule has 0 saturated heterocycles. The molecule has 1 aliphatic rings. The molecule has 11 heteroatoms. The van der Waals surface area contributed by atoms with Gasteiger partial charge in [-0.25, -0.2) is 13.2 Å². The first kappa shape index (κ1) is 30.0. The highest BCUT2D eigenvalue weighted by Gasteiger charge is 2.74. The van der Waals surface area contributed by atoms with Gasteiger partial charge in [-0.15, -0.1) is 0 Å². The van der Waals surface area contributed by atoms with Crippen molar-refractivity contribution in [3.8, 4) is 0 Å². The van der Waals surface area contributed by atoms with E-state index in [1.165, 1.54) is 68.4 Å². The highest BCUT2D eigenvalue weighted by Crippen LogP contribution is 2.63. The lowest BCUT2D eigenvalue weighted by molar-refractivity contribution is -0.330. The van der Waals surface area contributed by atoms with E-state index in [2.05, 4.69) is 0 Å². The van der Waals surface area contributed by atoms with E-state index in [1.54, 1.807) is 0 Å². The summed E-state index contributed by atoms with van der Waals surface area (Å²) in [6.45, 7) is 2.75. The fourth-order valence-electron chi connectivity index (χ4n) is 5.57. The largest absolute Gasteiger partial charge is 0.460 e. The minimum Gasteiger partial charge on any atom is -0.207 e. The second-order valence-corrected chi connectivity index (χ2v) is 11.4. The van der Waals surface area contributed by atoms with E-state index in [4.69, 9.17) is 0 Å². The van der Waals surface area contributed by atoms with Crippen LogP contribution in [0.2, 0.25) is 0 Å². The third-order valence-corrected chi connectivity index (χ3v) is 8.38. The van der Waals surface area contributed by atoms with Crippen LogP contribution in [0.15, 0.2) is 83.8 Å². The van der Waals surface area contributed by atoms with E-state index < -0.39 is 68.2 Å². The molecule has 1 aliphatic carbocycles. The summed E-state index contributed by atoms with van der Waals surface area (Å²) in [5.41, 5.74) is -3.90.